The Hall–Kier alpha value is -1.72. The predicted molar refractivity (Wildman–Crippen MR) is 44.5 cm³/mol. The van der Waals surface area contributed by atoms with E-state index < -0.39 is 18.2 Å². The van der Waals surface area contributed by atoms with Crippen molar-refractivity contribution in [2.75, 3.05) is 7.11 Å². The zero-order chi connectivity index (χ0) is 10.6. The van der Waals surface area contributed by atoms with Gasteiger partial charge in [0.15, 0.2) is 0 Å². The standard InChI is InChI=1S/C8H11NO5/c1-12-8(11)5-4-13-7(14-5)3-2-6(9)10/h4,7H,2-3H2,1H3,(H2,9,10). The van der Waals surface area contributed by atoms with E-state index >= 15 is 0 Å². The molecular weight excluding hydrogens is 190 g/mol. The Morgan fingerprint density at radius 1 is 1.64 bits per heavy atom. The Kier molecular flexibility index (Phi) is 3.33. The second kappa shape index (κ2) is 4.50. The Bertz CT molecular complexity index is 273. The molecule has 1 aliphatic rings. The summed E-state index contributed by atoms with van der Waals surface area (Å²) in [5.74, 6) is -1.04. The lowest BCUT2D eigenvalue weighted by molar-refractivity contribution is -0.142. The van der Waals surface area contributed by atoms with E-state index in [1.54, 1.807) is 0 Å². The predicted octanol–water partition coefficient (Wildman–Crippen LogP) is -0.361. The van der Waals surface area contributed by atoms with Crippen LogP contribution in [0.15, 0.2) is 12.0 Å². The molecule has 0 radical (unpaired) electrons. The Labute approximate surface area is 80.6 Å². The van der Waals surface area contributed by atoms with Crippen LogP contribution < -0.4 is 5.73 Å². The first-order chi connectivity index (χ1) is 6.63. The highest BCUT2D eigenvalue weighted by molar-refractivity contribution is 5.86. The van der Waals surface area contributed by atoms with Crippen LogP contribution in [0.4, 0.5) is 0 Å². The Morgan fingerprint density at radius 2 is 2.36 bits per heavy atom. The summed E-state index contributed by atoms with van der Waals surface area (Å²) in [5.41, 5.74) is 4.93. The average molecular weight is 201 g/mol. The Morgan fingerprint density at radius 3 is 2.93 bits per heavy atom. The fourth-order valence-corrected chi connectivity index (χ4v) is 0.919. The fourth-order valence-electron chi connectivity index (χ4n) is 0.919. The summed E-state index contributed by atoms with van der Waals surface area (Å²) < 4.78 is 14.4. The quantitative estimate of drug-likeness (QED) is 0.627. The van der Waals surface area contributed by atoms with Gasteiger partial charge in [-0.05, 0) is 0 Å². The van der Waals surface area contributed by atoms with Crippen LogP contribution in [0, 0.1) is 0 Å². The molecule has 0 aromatic carbocycles. The van der Waals surface area contributed by atoms with Gasteiger partial charge in [-0.2, -0.15) is 0 Å². The molecule has 1 atom stereocenters. The van der Waals surface area contributed by atoms with Crippen molar-refractivity contribution in [1.82, 2.24) is 0 Å². The van der Waals surface area contributed by atoms with E-state index in [4.69, 9.17) is 15.2 Å². The summed E-state index contributed by atoms with van der Waals surface area (Å²) in [5, 5.41) is 0. The zero-order valence-corrected chi connectivity index (χ0v) is 7.69. The smallest absolute Gasteiger partial charge is 0.376 e. The van der Waals surface area contributed by atoms with E-state index in [2.05, 4.69) is 4.74 Å². The van der Waals surface area contributed by atoms with Gasteiger partial charge in [-0.1, -0.05) is 0 Å². The third-order valence-electron chi connectivity index (χ3n) is 1.60. The molecular formula is C8H11NO5. The summed E-state index contributed by atoms with van der Waals surface area (Å²) in [6, 6.07) is 0. The number of ether oxygens (including phenoxy) is 3. The number of amides is 1. The van der Waals surface area contributed by atoms with Gasteiger partial charge in [0.1, 0.15) is 6.26 Å². The minimum absolute atomic E-state index is 0.00182. The maximum absolute atomic E-state index is 10.9. The van der Waals surface area contributed by atoms with Gasteiger partial charge in [0.2, 0.25) is 18.0 Å². The van der Waals surface area contributed by atoms with Crippen LogP contribution in [0.25, 0.3) is 0 Å². The summed E-state index contributed by atoms with van der Waals surface area (Å²) >= 11 is 0. The van der Waals surface area contributed by atoms with Gasteiger partial charge in [0.25, 0.3) is 0 Å². The first kappa shape index (κ1) is 10.4. The molecule has 1 rings (SSSR count). The number of rotatable bonds is 4. The molecule has 2 N–H and O–H groups in total. The number of esters is 1. The van der Waals surface area contributed by atoms with Crippen molar-refractivity contribution in [1.29, 1.82) is 0 Å². The van der Waals surface area contributed by atoms with E-state index in [0.29, 0.717) is 6.42 Å². The molecule has 6 nitrogen and oxygen atoms in total. The lowest BCUT2D eigenvalue weighted by atomic mass is 10.3. The van der Waals surface area contributed by atoms with E-state index in [0.717, 1.165) is 6.26 Å². The molecule has 0 spiro atoms. The van der Waals surface area contributed by atoms with Crippen LogP contribution in [0.3, 0.4) is 0 Å². The topological polar surface area (TPSA) is 87.9 Å². The van der Waals surface area contributed by atoms with E-state index in [-0.39, 0.29) is 12.2 Å². The summed E-state index contributed by atoms with van der Waals surface area (Å²) in [6.45, 7) is 0. The number of methoxy groups -OCH3 is 1. The van der Waals surface area contributed by atoms with Gasteiger partial charge in [-0.3, -0.25) is 4.79 Å². The van der Waals surface area contributed by atoms with Crippen molar-refractivity contribution in [3.63, 3.8) is 0 Å². The van der Waals surface area contributed by atoms with Crippen molar-refractivity contribution >= 4 is 11.9 Å². The van der Waals surface area contributed by atoms with E-state index in [1.165, 1.54) is 7.11 Å². The SMILES string of the molecule is COC(=O)C1=COC(CCC(N)=O)O1. The highest BCUT2D eigenvalue weighted by atomic mass is 16.7. The monoisotopic (exact) mass is 201 g/mol. The van der Waals surface area contributed by atoms with Gasteiger partial charge in [-0.15, -0.1) is 0 Å². The molecule has 1 aliphatic heterocycles. The minimum atomic E-state index is -0.628. The molecule has 1 amide bonds. The lowest BCUT2D eigenvalue weighted by Gasteiger charge is -2.09. The molecule has 0 bridgehead atoms. The van der Waals surface area contributed by atoms with Crippen LogP contribution in [-0.4, -0.2) is 25.3 Å². The fraction of sp³-hybridized carbons (Fsp3) is 0.500. The molecule has 0 aromatic heterocycles. The van der Waals surface area contributed by atoms with Gasteiger partial charge >= 0.3 is 5.97 Å². The van der Waals surface area contributed by atoms with Crippen molar-refractivity contribution in [3.05, 3.63) is 12.0 Å². The molecule has 0 aromatic rings. The summed E-state index contributed by atoms with van der Waals surface area (Å²) in [7, 11) is 1.24. The summed E-state index contributed by atoms with van der Waals surface area (Å²) in [6.07, 6.45) is 0.994. The average Bonchev–Trinajstić information content (AvgIpc) is 2.62. The number of hydrogen-bond acceptors (Lipinski definition) is 5. The second-order valence-corrected chi connectivity index (χ2v) is 2.66. The van der Waals surface area contributed by atoms with Crippen molar-refractivity contribution in [2.24, 2.45) is 5.73 Å². The second-order valence-electron chi connectivity index (χ2n) is 2.66. The molecule has 1 heterocycles. The highest BCUT2D eigenvalue weighted by Gasteiger charge is 2.25. The van der Waals surface area contributed by atoms with Crippen LogP contribution in [0.1, 0.15) is 12.8 Å². The van der Waals surface area contributed by atoms with Crippen LogP contribution in [0.5, 0.6) is 0 Å². The third kappa shape index (κ3) is 2.65. The number of nitrogens with two attached hydrogens (primary N) is 1. The molecule has 0 aliphatic carbocycles. The van der Waals surface area contributed by atoms with Crippen molar-refractivity contribution in [3.8, 4) is 0 Å². The highest BCUT2D eigenvalue weighted by Crippen LogP contribution is 2.18. The molecule has 0 saturated heterocycles. The van der Waals surface area contributed by atoms with Crippen molar-refractivity contribution < 1.29 is 23.8 Å². The molecule has 14 heavy (non-hydrogen) atoms. The number of hydrogen-bond donors (Lipinski definition) is 1. The zero-order valence-electron chi connectivity index (χ0n) is 7.69. The lowest BCUT2D eigenvalue weighted by Crippen LogP contribution is -2.17. The first-order valence-corrected chi connectivity index (χ1v) is 4.02. The number of primary amides is 1. The normalized spacial score (nSPS) is 19.2. The van der Waals surface area contributed by atoms with E-state index in [9.17, 15) is 9.59 Å². The largest absolute Gasteiger partial charge is 0.463 e. The molecule has 0 saturated carbocycles. The van der Waals surface area contributed by atoms with Gasteiger partial charge in [0, 0.05) is 12.8 Å². The van der Waals surface area contributed by atoms with Gasteiger partial charge in [-0.25, -0.2) is 4.79 Å². The molecule has 0 fully saturated rings. The molecule has 78 valence electrons. The van der Waals surface area contributed by atoms with Gasteiger partial charge in [0.05, 0.1) is 7.11 Å². The van der Waals surface area contributed by atoms with Crippen LogP contribution in [-0.2, 0) is 23.8 Å². The maximum Gasteiger partial charge on any atom is 0.376 e. The number of carbonyl (C=O) groups excluding carboxylic acids is 2. The summed E-state index contributed by atoms with van der Waals surface area (Å²) in [4.78, 5) is 21.3. The Balaban J connectivity index is 2.31. The molecule has 1 unspecified atom stereocenters. The van der Waals surface area contributed by atoms with E-state index in [1.807, 2.05) is 0 Å². The number of carbonyl (C=O) groups is 2. The first-order valence-electron chi connectivity index (χ1n) is 4.02. The van der Waals surface area contributed by atoms with Crippen LogP contribution >= 0.6 is 0 Å². The third-order valence-corrected chi connectivity index (χ3v) is 1.60. The minimum Gasteiger partial charge on any atom is -0.463 e. The van der Waals surface area contributed by atoms with Gasteiger partial charge < -0.3 is 19.9 Å². The van der Waals surface area contributed by atoms with Crippen molar-refractivity contribution in [2.45, 2.75) is 19.1 Å². The molecule has 6 heteroatoms. The maximum atomic E-state index is 10.9. The van der Waals surface area contributed by atoms with Crippen LogP contribution in [0.2, 0.25) is 0 Å².